The quantitative estimate of drug-likeness (QED) is 0.517. The van der Waals surface area contributed by atoms with Gasteiger partial charge < -0.3 is 20.1 Å². The lowest BCUT2D eigenvalue weighted by molar-refractivity contribution is -0.140. The number of fused-ring (bicyclic) bond motifs is 1. The van der Waals surface area contributed by atoms with Crippen molar-refractivity contribution in [2.24, 2.45) is 0 Å². The molecule has 7 heteroatoms. The van der Waals surface area contributed by atoms with Gasteiger partial charge in [0.25, 0.3) is 5.91 Å². The number of carbonyl (C=O) groups excluding carboxylic acids is 2. The second kappa shape index (κ2) is 7.23. The fraction of sp³-hybridized carbons (Fsp3) is 0.438. The lowest BCUT2D eigenvalue weighted by Gasteiger charge is -2.14. The average Bonchev–Trinajstić information content (AvgIpc) is 2.84. The Morgan fingerprint density at radius 2 is 2.22 bits per heavy atom. The van der Waals surface area contributed by atoms with Crippen LogP contribution in [0.4, 0.5) is 0 Å². The summed E-state index contributed by atoms with van der Waals surface area (Å²) in [6, 6.07) is -1.17. The number of carbonyl (C=O) groups is 3. The number of nitrogens with one attached hydrogen (secondary N) is 2. The monoisotopic (exact) mass is 320 g/mol. The van der Waals surface area contributed by atoms with E-state index in [1.807, 2.05) is 0 Å². The summed E-state index contributed by atoms with van der Waals surface area (Å²) in [5.74, 6) is -1.73. The van der Waals surface area contributed by atoms with Crippen molar-refractivity contribution < 1.29 is 24.2 Å². The van der Waals surface area contributed by atoms with Crippen molar-refractivity contribution in [1.29, 1.82) is 0 Å². The zero-order valence-electron chi connectivity index (χ0n) is 13.0. The number of carboxylic acid groups (broad SMARTS) is 1. The first kappa shape index (κ1) is 17.0. The number of H-pyrrole nitrogens is 1. The summed E-state index contributed by atoms with van der Waals surface area (Å²) in [4.78, 5) is 38.5. The normalized spacial score (nSPS) is 14.9. The molecule has 1 unspecified atom stereocenters. The summed E-state index contributed by atoms with van der Waals surface area (Å²) in [6.45, 7) is 5.20. The number of aromatic nitrogens is 1. The van der Waals surface area contributed by atoms with Crippen LogP contribution in [0.2, 0.25) is 0 Å². The summed E-state index contributed by atoms with van der Waals surface area (Å²) in [5, 5.41) is 11.6. The number of Topliss-reactive ketones (excluding diaryl/α,β-unsaturated/α-hetero) is 1. The number of aliphatic carboxylic acids is 1. The molecule has 0 aromatic carbocycles. The lowest BCUT2D eigenvalue weighted by atomic mass is 9.94. The Kier molecular flexibility index (Phi) is 5.33. The first-order chi connectivity index (χ1) is 11.0. The lowest BCUT2D eigenvalue weighted by Crippen LogP contribution is -2.44. The Morgan fingerprint density at radius 1 is 1.48 bits per heavy atom. The Bertz CT molecular complexity index is 647. The summed E-state index contributed by atoms with van der Waals surface area (Å²) in [5.41, 5.74) is 2.12. The van der Waals surface area contributed by atoms with Crippen molar-refractivity contribution in [3.8, 4) is 0 Å². The van der Waals surface area contributed by atoms with Crippen LogP contribution >= 0.6 is 0 Å². The highest BCUT2D eigenvalue weighted by Gasteiger charge is 2.28. The highest BCUT2D eigenvalue weighted by atomic mass is 16.5. The van der Waals surface area contributed by atoms with Crippen LogP contribution in [0.15, 0.2) is 12.7 Å². The number of ketones is 1. The number of hydrogen-bond donors (Lipinski definition) is 3. The molecule has 124 valence electrons. The first-order valence-electron chi connectivity index (χ1n) is 7.42. The third-order valence-corrected chi connectivity index (χ3v) is 3.79. The molecule has 0 bridgehead atoms. The SMILES string of the molecule is C=CCOCC(NC(=O)c1[nH]c2c(c1C)C(=O)CCC2)C(=O)O. The van der Waals surface area contributed by atoms with Gasteiger partial charge in [-0.1, -0.05) is 6.08 Å². The topological polar surface area (TPSA) is 108 Å². The largest absolute Gasteiger partial charge is 0.480 e. The highest BCUT2D eigenvalue weighted by molar-refractivity contribution is 6.04. The van der Waals surface area contributed by atoms with E-state index in [-0.39, 0.29) is 24.7 Å². The van der Waals surface area contributed by atoms with E-state index in [0.29, 0.717) is 24.0 Å². The molecule has 0 spiro atoms. The maximum Gasteiger partial charge on any atom is 0.328 e. The van der Waals surface area contributed by atoms with Crippen molar-refractivity contribution in [3.63, 3.8) is 0 Å². The molecule has 2 rings (SSSR count). The van der Waals surface area contributed by atoms with Crippen molar-refractivity contribution in [2.75, 3.05) is 13.2 Å². The molecule has 7 nitrogen and oxygen atoms in total. The van der Waals surface area contributed by atoms with Crippen LogP contribution in [-0.4, -0.2) is 47.0 Å². The number of aryl methyl sites for hydroxylation is 1. The van der Waals surface area contributed by atoms with E-state index in [9.17, 15) is 14.4 Å². The van der Waals surface area contributed by atoms with Crippen LogP contribution in [-0.2, 0) is 16.0 Å². The third kappa shape index (κ3) is 3.68. The van der Waals surface area contributed by atoms with Gasteiger partial charge in [0.1, 0.15) is 5.69 Å². The number of rotatable bonds is 7. The maximum absolute atomic E-state index is 12.3. The van der Waals surface area contributed by atoms with Gasteiger partial charge in [0.2, 0.25) is 0 Å². The molecule has 1 heterocycles. The summed E-state index contributed by atoms with van der Waals surface area (Å²) in [6.07, 6.45) is 3.43. The molecule has 1 aromatic rings. The van der Waals surface area contributed by atoms with Crippen LogP contribution in [0.1, 0.15) is 44.9 Å². The molecule has 1 atom stereocenters. The molecule has 3 N–H and O–H groups in total. The van der Waals surface area contributed by atoms with E-state index >= 15 is 0 Å². The predicted octanol–water partition coefficient (Wildman–Crippen LogP) is 1.23. The van der Waals surface area contributed by atoms with Crippen LogP contribution in [0.3, 0.4) is 0 Å². The van der Waals surface area contributed by atoms with Crippen LogP contribution in [0.5, 0.6) is 0 Å². The highest BCUT2D eigenvalue weighted by Crippen LogP contribution is 2.26. The Morgan fingerprint density at radius 3 is 2.83 bits per heavy atom. The standard InChI is InChI=1S/C16H20N2O5/c1-3-7-23-8-11(16(21)22)18-15(20)14-9(2)13-10(17-14)5-4-6-12(13)19/h3,11,17H,1,4-8H2,2H3,(H,18,20)(H,21,22). The van der Waals surface area contributed by atoms with Gasteiger partial charge in [0, 0.05) is 17.7 Å². The molecule has 0 fully saturated rings. The molecule has 1 aliphatic carbocycles. The van der Waals surface area contributed by atoms with E-state index < -0.39 is 17.9 Å². The molecule has 0 radical (unpaired) electrons. The molecule has 1 aliphatic rings. The van der Waals surface area contributed by atoms with E-state index in [1.165, 1.54) is 6.08 Å². The minimum atomic E-state index is -1.19. The Hall–Kier alpha value is -2.41. The average molecular weight is 320 g/mol. The van der Waals surface area contributed by atoms with Crippen molar-refractivity contribution in [1.82, 2.24) is 10.3 Å². The van der Waals surface area contributed by atoms with E-state index in [2.05, 4.69) is 16.9 Å². The van der Waals surface area contributed by atoms with Gasteiger partial charge in [-0.25, -0.2) is 4.79 Å². The molecule has 1 aromatic heterocycles. The summed E-state index contributed by atoms with van der Waals surface area (Å²) >= 11 is 0. The number of aromatic amines is 1. The minimum absolute atomic E-state index is 0.0168. The van der Waals surface area contributed by atoms with E-state index in [0.717, 1.165) is 12.1 Å². The maximum atomic E-state index is 12.3. The van der Waals surface area contributed by atoms with Crippen LogP contribution in [0, 0.1) is 6.92 Å². The van der Waals surface area contributed by atoms with Gasteiger partial charge in [-0.3, -0.25) is 9.59 Å². The number of ether oxygens (including phenoxy) is 1. The van der Waals surface area contributed by atoms with E-state index in [4.69, 9.17) is 9.84 Å². The zero-order chi connectivity index (χ0) is 17.0. The molecule has 0 aliphatic heterocycles. The molecular formula is C16H20N2O5. The predicted molar refractivity (Wildman–Crippen MR) is 82.7 cm³/mol. The summed E-state index contributed by atoms with van der Waals surface area (Å²) < 4.78 is 5.09. The van der Waals surface area contributed by atoms with Crippen molar-refractivity contribution in [3.05, 3.63) is 35.2 Å². The molecular weight excluding hydrogens is 300 g/mol. The second-order valence-corrected chi connectivity index (χ2v) is 5.45. The van der Waals surface area contributed by atoms with Crippen molar-refractivity contribution >= 4 is 17.7 Å². The fourth-order valence-electron chi connectivity index (χ4n) is 2.68. The minimum Gasteiger partial charge on any atom is -0.480 e. The van der Waals surface area contributed by atoms with Gasteiger partial charge in [-0.15, -0.1) is 6.58 Å². The van der Waals surface area contributed by atoms with Crippen molar-refractivity contribution in [2.45, 2.75) is 32.2 Å². The van der Waals surface area contributed by atoms with Gasteiger partial charge in [0.15, 0.2) is 11.8 Å². The number of carboxylic acids is 1. The number of hydrogen-bond acceptors (Lipinski definition) is 4. The molecule has 23 heavy (non-hydrogen) atoms. The van der Waals surface area contributed by atoms with Gasteiger partial charge >= 0.3 is 5.97 Å². The number of amides is 1. The first-order valence-corrected chi connectivity index (χ1v) is 7.42. The Balaban J connectivity index is 2.15. The molecule has 0 saturated heterocycles. The van der Waals surface area contributed by atoms with Crippen LogP contribution < -0.4 is 5.32 Å². The third-order valence-electron chi connectivity index (χ3n) is 3.79. The van der Waals surface area contributed by atoms with Gasteiger partial charge in [0.05, 0.1) is 13.2 Å². The Labute approximate surface area is 133 Å². The zero-order valence-corrected chi connectivity index (χ0v) is 13.0. The second-order valence-electron chi connectivity index (χ2n) is 5.45. The summed E-state index contributed by atoms with van der Waals surface area (Å²) in [7, 11) is 0. The van der Waals surface area contributed by atoms with Gasteiger partial charge in [-0.05, 0) is 25.3 Å². The fourth-order valence-corrected chi connectivity index (χ4v) is 2.68. The van der Waals surface area contributed by atoms with Crippen LogP contribution in [0.25, 0.3) is 0 Å². The smallest absolute Gasteiger partial charge is 0.328 e. The molecule has 1 amide bonds. The van der Waals surface area contributed by atoms with Gasteiger partial charge in [-0.2, -0.15) is 0 Å². The molecule has 0 saturated carbocycles. The van der Waals surface area contributed by atoms with E-state index in [1.54, 1.807) is 6.92 Å².